The van der Waals surface area contributed by atoms with Crippen LogP contribution in [0.25, 0.3) is 5.65 Å². The number of rotatable bonds is 0. The van der Waals surface area contributed by atoms with E-state index >= 15 is 0 Å². The van der Waals surface area contributed by atoms with Crippen molar-refractivity contribution < 1.29 is 0 Å². The highest BCUT2D eigenvalue weighted by atomic mass is 35.5. The monoisotopic (exact) mass is 208 g/mol. The van der Waals surface area contributed by atoms with E-state index in [1.807, 2.05) is 0 Å². The van der Waals surface area contributed by atoms with Crippen LogP contribution in [0.15, 0.2) is 6.33 Å². The predicted octanol–water partition coefficient (Wildman–Crippen LogP) is 1.66. The van der Waals surface area contributed by atoms with Gasteiger partial charge in [0.2, 0.25) is 0 Å². The second-order valence-corrected chi connectivity index (χ2v) is 3.91. The van der Waals surface area contributed by atoms with Crippen LogP contribution < -0.4 is 0 Å². The molecule has 0 bridgehead atoms. The van der Waals surface area contributed by atoms with E-state index in [0.29, 0.717) is 5.15 Å². The maximum absolute atomic E-state index is 6.09. The van der Waals surface area contributed by atoms with Gasteiger partial charge in [-0.3, -0.25) is 0 Å². The summed E-state index contributed by atoms with van der Waals surface area (Å²) in [6.07, 6.45) is 6.05. The summed E-state index contributed by atoms with van der Waals surface area (Å²) in [6.45, 7) is 0. The van der Waals surface area contributed by atoms with Crippen LogP contribution in [0.5, 0.6) is 0 Å². The van der Waals surface area contributed by atoms with Gasteiger partial charge in [-0.1, -0.05) is 11.6 Å². The van der Waals surface area contributed by atoms with Crippen LogP contribution in [0.1, 0.15) is 24.0 Å². The molecule has 0 saturated carbocycles. The predicted molar refractivity (Wildman–Crippen MR) is 52.4 cm³/mol. The zero-order valence-corrected chi connectivity index (χ0v) is 8.33. The molecule has 4 nitrogen and oxygen atoms in total. The zero-order chi connectivity index (χ0) is 9.54. The first-order valence-electron chi connectivity index (χ1n) is 4.73. The van der Waals surface area contributed by atoms with Crippen molar-refractivity contribution in [2.45, 2.75) is 25.7 Å². The standard InChI is InChI=1S/C9H9ClN4/c10-8-6-3-1-2-4-7(6)9-12-11-5-14(9)13-8/h5H,1-4H2. The normalized spacial score (nSPS) is 15.8. The van der Waals surface area contributed by atoms with E-state index in [4.69, 9.17) is 11.6 Å². The Bertz CT molecular complexity index is 491. The van der Waals surface area contributed by atoms with Crippen molar-refractivity contribution in [1.82, 2.24) is 19.8 Å². The van der Waals surface area contributed by atoms with Crippen molar-refractivity contribution in [3.8, 4) is 0 Å². The fraction of sp³-hybridized carbons (Fsp3) is 0.444. The molecule has 0 unspecified atom stereocenters. The lowest BCUT2D eigenvalue weighted by Gasteiger charge is -2.16. The SMILES string of the molecule is Clc1nn2cnnc2c2c1CCCC2. The Morgan fingerprint density at radius 3 is 2.86 bits per heavy atom. The minimum atomic E-state index is 0.604. The molecule has 1 aliphatic carbocycles. The molecule has 0 aromatic carbocycles. The third-order valence-electron chi connectivity index (χ3n) is 2.71. The smallest absolute Gasteiger partial charge is 0.181 e. The third-order valence-corrected chi connectivity index (χ3v) is 3.02. The maximum Gasteiger partial charge on any atom is 0.181 e. The Morgan fingerprint density at radius 2 is 2.00 bits per heavy atom. The zero-order valence-electron chi connectivity index (χ0n) is 7.57. The molecule has 0 aliphatic heterocycles. The van der Waals surface area contributed by atoms with E-state index in [2.05, 4.69) is 15.3 Å². The lowest BCUT2D eigenvalue weighted by Crippen LogP contribution is -2.08. The van der Waals surface area contributed by atoms with Gasteiger partial charge in [-0.15, -0.1) is 10.2 Å². The van der Waals surface area contributed by atoms with Crippen LogP contribution in [0.3, 0.4) is 0 Å². The Kier molecular flexibility index (Phi) is 1.70. The van der Waals surface area contributed by atoms with E-state index in [0.717, 1.165) is 18.5 Å². The summed E-state index contributed by atoms with van der Waals surface area (Å²) in [6, 6.07) is 0. The van der Waals surface area contributed by atoms with Crippen LogP contribution in [0.2, 0.25) is 5.15 Å². The minimum absolute atomic E-state index is 0.604. The van der Waals surface area contributed by atoms with E-state index in [1.165, 1.54) is 24.0 Å². The van der Waals surface area contributed by atoms with Crippen LogP contribution in [0, 0.1) is 0 Å². The van der Waals surface area contributed by atoms with E-state index in [1.54, 1.807) is 10.8 Å². The minimum Gasteiger partial charge on any atom is -0.199 e. The van der Waals surface area contributed by atoms with Crippen molar-refractivity contribution in [1.29, 1.82) is 0 Å². The number of nitrogens with zero attached hydrogens (tertiary/aromatic N) is 4. The van der Waals surface area contributed by atoms with Gasteiger partial charge in [0.05, 0.1) is 0 Å². The van der Waals surface area contributed by atoms with Gasteiger partial charge in [0, 0.05) is 5.56 Å². The quantitative estimate of drug-likeness (QED) is 0.661. The fourth-order valence-electron chi connectivity index (χ4n) is 2.04. The molecule has 0 N–H and O–H groups in total. The maximum atomic E-state index is 6.09. The molecule has 0 radical (unpaired) electrons. The Hall–Kier alpha value is -1.16. The van der Waals surface area contributed by atoms with Gasteiger partial charge >= 0.3 is 0 Å². The molecule has 0 spiro atoms. The number of aryl methyl sites for hydroxylation is 1. The topological polar surface area (TPSA) is 43.1 Å². The molecule has 2 aromatic rings. The lowest BCUT2D eigenvalue weighted by atomic mass is 9.94. The summed E-state index contributed by atoms with van der Waals surface area (Å²) >= 11 is 6.09. The molecule has 5 heteroatoms. The molecule has 72 valence electrons. The fourth-order valence-corrected chi connectivity index (χ4v) is 2.33. The van der Waals surface area contributed by atoms with Crippen LogP contribution in [-0.2, 0) is 12.8 Å². The summed E-state index contributed by atoms with van der Waals surface area (Å²) < 4.78 is 1.66. The highest BCUT2D eigenvalue weighted by Crippen LogP contribution is 2.28. The number of fused-ring (bicyclic) bond motifs is 3. The second-order valence-electron chi connectivity index (χ2n) is 3.55. The average molecular weight is 209 g/mol. The summed E-state index contributed by atoms with van der Waals surface area (Å²) in [4.78, 5) is 0. The molecule has 1 aliphatic rings. The number of hydrogen-bond acceptors (Lipinski definition) is 3. The van der Waals surface area contributed by atoms with Crippen molar-refractivity contribution in [2.24, 2.45) is 0 Å². The lowest BCUT2D eigenvalue weighted by molar-refractivity contribution is 0.675. The number of hydrogen-bond donors (Lipinski definition) is 0. The van der Waals surface area contributed by atoms with Gasteiger partial charge in [-0.25, -0.2) is 0 Å². The molecular weight excluding hydrogens is 200 g/mol. The Labute approximate surface area is 85.9 Å². The van der Waals surface area contributed by atoms with Gasteiger partial charge in [0.15, 0.2) is 10.8 Å². The van der Waals surface area contributed by atoms with Crippen molar-refractivity contribution in [3.05, 3.63) is 22.6 Å². The number of aromatic nitrogens is 4. The molecular formula is C9H9ClN4. The van der Waals surface area contributed by atoms with E-state index in [9.17, 15) is 0 Å². The molecule has 14 heavy (non-hydrogen) atoms. The first-order chi connectivity index (χ1) is 6.86. The average Bonchev–Trinajstić information content (AvgIpc) is 2.66. The van der Waals surface area contributed by atoms with Crippen LogP contribution in [0.4, 0.5) is 0 Å². The Balaban J connectivity index is 2.39. The highest BCUT2D eigenvalue weighted by molar-refractivity contribution is 6.30. The molecule has 0 fully saturated rings. The van der Waals surface area contributed by atoms with Crippen LogP contribution in [-0.4, -0.2) is 19.8 Å². The largest absolute Gasteiger partial charge is 0.199 e. The Morgan fingerprint density at radius 1 is 1.21 bits per heavy atom. The van der Waals surface area contributed by atoms with Crippen LogP contribution >= 0.6 is 11.6 Å². The summed E-state index contributed by atoms with van der Waals surface area (Å²) in [7, 11) is 0. The van der Waals surface area contributed by atoms with Gasteiger partial charge in [-0.2, -0.15) is 9.61 Å². The molecule has 2 aromatic heterocycles. The molecule has 0 atom stereocenters. The van der Waals surface area contributed by atoms with Gasteiger partial charge < -0.3 is 0 Å². The molecule has 3 rings (SSSR count). The van der Waals surface area contributed by atoms with E-state index < -0.39 is 0 Å². The van der Waals surface area contributed by atoms with Crippen molar-refractivity contribution in [2.75, 3.05) is 0 Å². The molecule has 0 saturated heterocycles. The van der Waals surface area contributed by atoms with Crippen molar-refractivity contribution >= 4 is 17.2 Å². The summed E-state index contributed by atoms with van der Waals surface area (Å²) in [5.41, 5.74) is 3.26. The third kappa shape index (κ3) is 1.04. The number of halogens is 1. The highest BCUT2D eigenvalue weighted by Gasteiger charge is 2.18. The van der Waals surface area contributed by atoms with Crippen molar-refractivity contribution in [3.63, 3.8) is 0 Å². The van der Waals surface area contributed by atoms with E-state index in [-0.39, 0.29) is 0 Å². The van der Waals surface area contributed by atoms with Gasteiger partial charge in [0.25, 0.3) is 0 Å². The van der Waals surface area contributed by atoms with Gasteiger partial charge in [-0.05, 0) is 31.2 Å². The summed E-state index contributed by atoms with van der Waals surface area (Å²) in [5.74, 6) is 0. The molecule has 2 heterocycles. The molecule has 0 amide bonds. The second kappa shape index (κ2) is 2.92. The first kappa shape index (κ1) is 8.17. The summed E-state index contributed by atoms with van der Waals surface area (Å²) in [5, 5.41) is 12.7. The van der Waals surface area contributed by atoms with Gasteiger partial charge in [0.1, 0.15) is 6.33 Å². The first-order valence-corrected chi connectivity index (χ1v) is 5.11.